The number of amides is 1. The molecule has 0 spiro atoms. The smallest absolute Gasteiger partial charge is 0.343 e. The van der Waals surface area contributed by atoms with Gasteiger partial charge in [-0.1, -0.05) is 23.2 Å². The van der Waals surface area contributed by atoms with Crippen LogP contribution in [0.4, 0.5) is 0 Å². The summed E-state index contributed by atoms with van der Waals surface area (Å²) < 4.78 is 21.2. The molecule has 3 aromatic carbocycles. The summed E-state index contributed by atoms with van der Waals surface area (Å²) in [7, 11) is 1.44. The van der Waals surface area contributed by atoms with Gasteiger partial charge >= 0.3 is 5.97 Å². The van der Waals surface area contributed by atoms with Crippen molar-refractivity contribution in [3.63, 3.8) is 0 Å². The Bertz CT molecular complexity index is 1260. The highest BCUT2D eigenvalue weighted by molar-refractivity contribution is 6.42. The molecule has 0 radical (unpaired) electrons. The lowest BCUT2D eigenvalue weighted by Crippen LogP contribution is -2.17. The summed E-state index contributed by atoms with van der Waals surface area (Å²) in [5.74, 6) is 0.557. The molecule has 0 aliphatic carbocycles. The Morgan fingerprint density at radius 2 is 1.73 bits per heavy atom. The lowest BCUT2D eigenvalue weighted by atomic mass is 10.2. The van der Waals surface area contributed by atoms with Gasteiger partial charge in [-0.25, -0.2) is 10.2 Å². The summed E-state index contributed by atoms with van der Waals surface area (Å²) in [6.45, 7) is 0.124. The van der Waals surface area contributed by atoms with Crippen LogP contribution in [0.5, 0.6) is 23.0 Å². The van der Waals surface area contributed by atoms with Gasteiger partial charge in [0.25, 0.3) is 5.91 Å². The Hall–Kier alpha value is -3.75. The van der Waals surface area contributed by atoms with E-state index in [1.54, 1.807) is 36.4 Å². The van der Waals surface area contributed by atoms with Crippen LogP contribution in [-0.4, -0.2) is 32.0 Å². The molecule has 33 heavy (non-hydrogen) atoms. The van der Waals surface area contributed by atoms with Gasteiger partial charge in [-0.2, -0.15) is 5.10 Å². The lowest BCUT2D eigenvalue weighted by molar-refractivity contribution is 0.0729. The predicted molar refractivity (Wildman–Crippen MR) is 122 cm³/mol. The molecule has 1 heterocycles. The Morgan fingerprint density at radius 1 is 0.939 bits per heavy atom. The van der Waals surface area contributed by atoms with Crippen LogP contribution in [-0.2, 0) is 0 Å². The molecule has 1 aliphatic rings. The molecule has 1 N–H and O–H groups in total. The van der Waals surface area contributed by atoms with E-state index >= 15 is 0 Å². The van der Waals surface area contributed by atoms with E-state index in [9.17, 15) is 9.59 Å². The molecule has 0 atom stereocenters. The molecular weight excluding hydrogens is 471 g/mol. The van der Waals surface area contributed by atoms with E-state index in [1.165, 1.54) is 31.5 Å². The SMILES string of the molecule is COc1cc(/C=N/NC(=O)c2ccc3c(c2)OCO3)ccc1OC(=O)c1ccc(Cl)c(Cl)c1. The maximum atomic E-state index is 12.4. The Morgan fingerprint density at radius 3 is 2.52 bits per heavy atom. The molecule has 4 rings (SSSR count). The number of benzene rings is 3. The van der Waals surface area contributed by atoms with Crippen molar-refractivity contribution in [2.24, 2.45) is 5.10 Å². The average Bonchev–Trinajstić information content (AvgIpc) is 3.29. The minimum atomic E-state index is -0.621. The summed E-state index contributed by atoms with van der Waals surface area (Å²) >= 11 is 11.8. The van der Waals surface area contributed by atoms with E-state index < -0.39 is 11.9 Å². The third-order valence-electron chi connectivity index (χ3n) is 4.56. The summed E-state index contributed by atoms with van der Waals surface area (Å²) in [6, 6.07) is 14.1. The van der Waals surface area contributed by atoms with Crippen molar-refractivity contribution in [3.8, 4) is 23.0 Å². The highest BCUT2D eigenvalue weighted by Gasteiger charge is 2.16. The van der Waals surface area contributed by atoms with E-state index in [0.717, 1.165) is 0 Å². The maximum absolute atomic E-state index is 12.4. The molecule has 1 amide bonds. The Labute approximate surface area is 198 Å². The van der Waals surface area contributed by atoms with Crippen molar-refractivity contribution in [2.45, 2.75) is 0 Å². The molecule has 10 heteroatoms. The van der Waals surface area contributed by atoms with Crippen LogP contribution in [0.15, 0.2) is 59.7 Å². The van der Waals surface area contributed by atoms with E-state index in [0.29, 0.717) is 33.4 Å². The fraction of sp³-hybridized carbons (Fsp3) is 0.0870. The molecule has 0 saturated heterocycles. The monoisotopic (exact) mass is 486 g/mol. The first-order valence-electron chi connectivity index (χ1n) is 9.53. The van der Waals surface area contributed by atoms with Crippen LogP contribution < -0.4 is 24.4 Å². The zero-order valence-electron chi connectivity index (χ0n) is 17.1. The second kappa shape index (κ2) is 9.81. The summed E-state index contributed by atoms with van der Waals surface area (Å²) in [5, 5.41) is 4.53. The number of esters is 1. The highest BCUT2D eigenvalue weighted by atomic mass is 35.5. The molecule has 0 aromatic heterocycles. The van der Waals surface area contributed by atoms with E-state index in [-0.39, 0.29) is 23.1 Å². The third kappa shape index (κ3) is 5.19. The molecule has 0 bridgehead atoms. The largest absolute Gasteiger partial charge is 0.493 e. The fourth-order valence-electron chi connectivity index (χ4n) is 2.90. The van der Waals surface area contributed by atoms with Crippen molar-refractivity contribution in [1.29, 1.82) is 0 Å². The first-order chi connectivity index (χ1) is 15.9. The molecular formula is C23H16Cl2N2O6. The van der Waals surface area contributed by atoms with E-state index in [2.05, 4.69) is 10.5 Å². The normalized spacial score (nSPS) is 12.0. The number of carbonyl (C=O) groups is 2. The van der Waals surface area contributed by atoms with E-state index in [4.69, 9.17) is 42.1 Å². The second-order valence-corrected chi connectivity index (χ2v) is 7.51. The van der Waals surface area contributed by atoms with Gasteiger partial charge in [-0.15, -0.1) is 0 Å². The van der Waals surface area contributed by atoms with Gasteiger partial charge in [0.15, 0.2) is 23.0 Å². The molecule has 168 valence electrons. The van der Waals surface area contributed by atoms with Crippen molar-refractivity contribution in [1.82, 2.24) is 5.43 Å². The Balaban J connectivity index is 1.41. The van der Waals surface area contributed by atoms with E-state index in [1.807, 2.05) is 0 Å². The number of hydrazone groups is 1. The van der Waals surface area contributed by atoms with Gasteiger partial charge in [0.2, 0.25) is 6.79 Å². The average molecular weight is 487 g/mol. The van der Waals surface area contributed by atoms with Crippen molar-refractivity contribution >= 4 is 41.3 Å². The number of carbonyl (C=O) groups excluding carboxylic acids is 2. The number of halogens is 2. The van der Waals surface area contributed by atoms with Crippen LogP contribution in [0.1, 0.15) is 26.3 Å². The van der Waals surface area contributed by atoms with Crippen molar-refractivity contribution < 1.29 is 28.5 Å². The number of rotatable bonds is 6. The number of nitrogens with one attached hydrogen (secondary N) is 1. The zero-order valence-corrected chi connectivity index (χ0v) is 18.6. The van der Waals surface area contributed by atoms with Gasteiger partial charge < -0.3 is 18.9 Å². The summed E-state index contributed by atoms with van der Waals surface area (Å²) in [4.78, 5) is 24.7. The third-order valence-corrected chi connectivity index (χ3v) is 5.30. The number of hydrogen-bond acceptors (Lipinski definition) is 7. The zero-order chi connectivity index (χ0) is 23.4. The van der Waals surface area contributed by atoms with Gasteiger partial charge in [-0.05, 0) is 60.2 Å². The molecule has 0 unspecified atom stereocenters. The first-order valence-corrected chi connectivity index (χ1v) is 10.3. The molecule has 1 aliphatic heterocycles. The van der Waals surface area contributed by atoms with Crippen LogP contribution in [0.25, 0.3) is 0 Å². The lowest BCUT2D eigenvalue weighted by Gasteiger charge is -2.10. The van der Waals surface area contributed by atoms with Gasteiger partial charge in [-0.3, -0.25) is 4.79 Å². The minimum Gasteiger partial charge on any atom is -0.493 e. The topological polar surface area (TPSA) is 95.5 Å². The van der Waals surface area contributed by atoms with Crippen molar-refractivity contribution in [2.75, 3.05) is 13.9 Å². The molecule has 0 saturated carbocycles. The second-order valence-electron chi connectivity index (χ2n) is 6.70. The first kappa shape index (κ1) is 22.4. The molecule has 8 nitrogen and oxygen atoms in total. The van der Waals surface area contributed by atoms with Crippen LogP contribution in [0, 0.1) is 0 Å². The molecule has 0 fully saturated rings. The number of fused-ring (bicyclic) bond motifs is 1. The maximum Gasteiger partial charge on any atom is 0.343 e. The number of methoxy groups -OCH3 is 1. The number of nitrogens with zero attached hydrogens (tertiary/aromatic N) is 1. The quantitative estimate of drug-likeness (QED) is 0.234. The predicted octanol–water partition coefficient (Wildman–Crippen LogP) is 4.71. The minimum absolute atomic E-state index is 0.124. The van der Waals surface area contributed by atoms with Gasteiger partial charge in [0.1, 0.15) is 0 Å². The Kier molecular flexibility index (Phi) is 6.67. The van der Waals surface area contributed by atoms with Gasteiger partial charge in [0, 0.05) is 5.56 Å². The van der Waals surface area contributed by atoms with Crippen LogP contribution >= 0.6 is 23.2 Å². The van der Waals surface area contributed by atoms with Gasteiger partial charge in [0.05, 0.1) is 28.9 Å². The van der Waals surface area contributed by atoms with Crippen LogP contribution in [0.3, 0.4) is 0 Å². The number of ether oxygens (including phenoxy) is 4. The fourth-order valence-corrected chi connectivity index (χ4v) is 3.20. The standard InChI is InChI=1S/C23H16Cl2N2O6/c1-30-20-8-13(2-6-19(20)33-23(29)15-3-5-16(24)17(25)9-15)11-26-27-22(28)14-4-7-18-21(10-14)32-12-31-18/h2-11H,12H2,1H3,(H,27,28)/b26-11+. The number of hydrogen-bond donors (Lipinski definition) is 1. The highest BCUT2D eigenvalue weighted by Crippen LogP contribution is 2.32. The summed E-state index contributed by atoms with van der Waals surface area (Å²) in [5.41, 5.74) is 3.66. The summed E-state index contributed by atoms with van der Waals surface area (Å²) in [6.07, 6.45) is 1.43. The molecule has 3 aromatic rings. The van der Waals surface area contributed by atoms with Crippen molar-refractivity contribution in [3.05, 3.63) is 81.3 Å². The van der Waals surface area contributed by atoms with Crippen LogP contribution in [0.2, 0.25) is 10.0 Å².